The van der Waals surface area contributed by atoms with E-state index in [4.69, 9.17) is 0 Å². The van der Waals surface area contributed by atoms with E-state index in [1.165, 1.54) is 6.42 Å². The van der Waals surface area contributed by atoms with Gasteiger partial charge in [0.1, 0.15) is 5.78 Å². The highest BCUT2D eigenvalue weighted by Gasteiger charge is 2.23. The first-order chi connectivity index (χ1) is 5.20. The molecule has 0 saturated heterocycles. The molecule has 1 aliphatic rings. The van der Waals surface area contributed by atoms with Gasteiger partial charge in [0, 0.05) is 6.42 Å². The van der Waals surface area contributed by atoms with Crippen LogP contribution in [0.15, 0.2) is 0 Å². The Morgan fingerprint density at radius 1 is 1.45 bits per heavy atom. The minimum atomic E-state index is -0.215. The summed E-state index contributed by atoms with van der Waals surface area (Å²) in [6.07, 6.45) is 4.57. The first-order valence-electron chi connectivity index (χ1n) is 4.37. The summed E-state index contributed by atoms with van der Waals surface area (Å²) < 4.78 is 0. The van der Waals surface area contributed by atoms with Crippen LogP contribution in [0.1, 0.15) is 39.0 Å². The van der Waals surface area contributed by atoms with E-state index in [1.807, 2.05) is 0 Å². The van der Waals surface area contributed by atoms with Crippen molar-refractivity contribution in [2.75, 3.05) is 0 Å². The van der Waals surface area contributed by atoms with Crippen LogP contribution in [0.25, 0.3) is 0 Å². The Morgan fingerprint density at radius 2 is 2.09 bits per heavy atom. The second-order valence-electron chi connectivity index (χ2n) is 3.52. The second-order valence-corrected chi connectivity index (χ2v) is 3.52. The molecule has 0 aliphatic heterocycles. The lowest BCUT2D eigenvalue weighted by Gasteiger charge is -2.26. The third kappa shape index (κ3) is 2.62. The van der Waals surface area contributed by atoms with Crippen molar-refractivity contribution < 1.29 is 9.90 Å². The zero-order valence-electron chi connectivity index (χ0n) is 7.05. The van der Waals surface area contributed by atoms with Crippen molar-refractivity contribution >= 4 is 5.78 Å². The molecule has 0 radical (unpaired) electrons. The summed E-state index contributed by atoms with van der Waals surface area (Å²) in [7, 11) is 0. The molecule has 0 aromatic rings. The average Bonchev–Trinajstić information content (AvgIpc) is 1.93. The van der Waals surface area contributed by atoms with Gasteiger partial charge >= 0.3 is 0 Å². The normalized spacial score (nSPS) is 31.8. The SMILES string of the molecule is CC(=O)CC1CCCC[C@H]1O. The lowest BCUT2D eigenvalue weighted by molar-refractivity contribution is -0.119. The molecule has 1 saturated carbocycles. The number of aliphatic hydroxyl groups excluding tert-OH is 1. The van der Waals surface area contributed by atoms with Crippen molar-refractivity contribution in [3.8, 4) is 0 Å². The molecule has 0 amide bonds. The number of hydrogen-bond acceptors (Lipinski definition) is 2. The van der Waals surface area contributed by atoms with Crippen LogP contribution < -0.4 is 0 Å². The van der Waals surface area contributed by atoms with E-state index in [2.05, 4.69) is 0 Å². The molecule has 0 aromatic carbocycles. The van der Waals surface area contributed by atoms with Crippen molar-refractivity contribution in [3.05, 3.63) is 0 Å². The van der Waals surface area contributed by atoms with E-state index in [9.17, 15) is 9.90 Å². The van der Waals surface area contributed by atoms with Gasteiger partial charge < -0.3 is 9.90 Å². The monoisotopic (exact) mass is 156 g/mol. The van der Waals surface area contributed by atoms with E-state index in [0.29, 0.717) is 6.42 Å². The largest absolute Gasteiger partial charge is 0.393 e. The summed E-state index contributed by atoms with van der Waals surface area (Å²) in [6.45, 7) is 1.60. The Balaban J connectivity index is 2.35. The van der Waals surface area contributed by atoms with Crippen molar-refractivity contribution in [1.82, 2.24) is 0 Å². The van der Waals surface area contributed by atoms with Crippen LogP contribution in [-0.4, -0.2) is 17.0 Å². The van der Waals surface area contributed by atoms with Gasteiger partial charge in [-0.05, 0) is 25.7 Å². The molecule has 0 bridgehead atoms. The van der Waals surface area contributed by atoms with Crippen LogP contribution in [0.4, 0.5) is 0 Å². The Labute approximate surface area is 67.6 Å². The number of Topliss-reactive ketones (excluding diaryl/α,β-unsaturated/α-hetero) is 1. The van der Waals surface area contributed by atoms with E-state index in [-0.39, 0.29) is 17.8 Å². The van der Waals surface area contributed by atoms with Crippen molar-refractivity contribution in [1.29, 1.82) is 0 Å². The summed E-state index contributed by atoms with van der Waals surface area (Å²) >= 11 is 0. The molecule has 0 heterocycles. The van der Waals surface area contributed by atoms with Crippen molar-refractivity contribution in [2.24, 2.45) is 5.92 Å². The lowest BCUT2D eigenvalue weighted by Crippen LogP contribution is -2.25. The summed E-state index contributed by atoms with van der Waals surface area (Å²) in [5.74, 6) is 0.456. The molecule has 2 atom stereocenters. The highest BCUT2D eigenvalue weighted by atomic mass is 16.3. The van der Waals surface area contributed by atoms with Crippen molar-refractivity contribution in [3.63, 3.8) is 0 Å². The summed E-state index contributed by atoms with van der Waals surface area (Å²) in [6, 6.07) is 0. The number of aliphatic hydroxyl groups is 1. The fraction of sp³-hybridized carbons (Fsp3) is 0.889. The average molecular weight is 156 g/mol. The molecule has 11 heavy (non-hydrogen) atoms. The second kappa shape index (κ2) is 3.86. The van der Waals surface area contributed by atoms with Crippen LogP contribution in [0.3, 0.4) is 0 Å². The molecule has 1 aliphatic carbocycles. The molecule has 1 rings (SSSR count). The lowest BCUT2D eigenvalue weighted by atomic mass is 9.83. The van der Waals surface area contributed by atoms with Gasteiger partial charge in [-0.2, -0.15) is 0 Å². The number of rotatable bonds is 2. The van der Waals surface area contributed by atoms with Gasteiger partial charge in [0.05, 0.1) is 6.10 Å². The fourth-order valence-corrected chi connectivity index (χ4v) is 1.80. The highest BCUT2D eigenvalue weighted by Crippen LogP contribution is 2.26. The molecule has 1 N–H and O–H groups in total. The number of ketones is 1. The zero-order valence-corrected chi connectivity index (χ0v) is 7.05. The van der Waals surface area contributed by atoms with Gasteiger partial charge in [0.2, 0.25) is 0 Å². The Bertz CT molecular complexity index is 142. The van der Waals surface area contributed by atoms with Gasteiger partial charge in [-0.15, -0.1) is 0 Å². The standard InChI is InChI=1S/C9H16O2/c1-7(10)6-8-4-2-3-5-9(8)11/h8-9,11H,2-6H2,1H3/t8?,9-/m1/s1. The predicted molar refractivity (Wildman–Crippen MR) is 43.3 cm³/mol. The smallest absolute Gasteiger partial charge is 0.130 e. The number of carbonyl (C=O) groups is 1. The predicted octanol–water partition coefficient (Wildman–Crippen LogP) is 1.52. The Morgan fingerprint density at radius 3 is 2.64 bits per heavy atom. The molecule has 1 unspecified atom stereocenters. The van der Waals surface area contributed by atoms with Crippen LogP contribution >= 0.6 is 0 Å². The van der Waals surface area contributed by atoms with Crippen LogP contribution in [-0.2, 0) is 4.79 Å². The van der Waals surface area contributed by atoms with E-state index in [0.717, 1.165) is 19.3 Å². The molecular weight excluding hydrogens is 140 g/mol. The van der Waals surface area contributed by atoms with Gasteiger partial charge in [-0.1, -0.05) is 12.8 Å². The van der Waals surface area contributed by atoms with Crippen LogP contribution in [0.2, 0.25) is 0 Å². The first-order valence-corrected chi connectivity index (χ1v) is 4.37. The highest BCUT2D eigenvalue weighted by molar-refractivity contribution is 5.75. The summed E-state index contributed by atoms with van der Waals surface area (Å²) in [4.78, 5) is 10.7. The Hall–Kier alpha value is -0.370. The van der Waals surface area contributed by atoms with E-state index >= 15 is 0 Å². The number of hydrogen-bond donors (Lipinski definition) is 1. The van der Waals surface area contributed by atoms with E-state index < -0.39 is 0 Å². The van der Waals surface area contributed by atoms with Crippen molar-refractivity contribution in [2.45, 2.75) is 45.1 Å². The fourth-order valence-electron chi connectivity index (χ4n) is 1.80. The third-order valence-electron chi connectivity index (χ3n) is 2.42. The van der Waals surface area contributed by atoms with E-state index in [1.54, 1.807) is 6.92 Å². The molecule has 0 aromatic heterocycles. The molecule has 1 fully saturated rings. The minimum Gasteiger partial charge on any atom is -0.393 e. The van der Waals surface area contributed by atoms with Gasteiger partial charge in [0.15, 0.2) is 0 Å². The molecular formula is C9H16O2. The molecule has 0 spiro atoms. The quantitative estimate of drug-likeness (QED) is 0.658. The topological polar surface area (TPSA) is 37.3 Å². The minimum absolute atomic E-state index is 0.205. The maximum atomic E-state index is 10.7. The van der Waals surface area contributed by atoms with Crippen LogP contribution in [0.5, 0.6) is 0 Å². The van der Waals surface area contributed by atoms with Gasteiger partial charge in [0.25, 0.3) is 0 Å². The first kappa shape index (κ1) is 8.72. The number of carbonyl (C=O) groups excluding carboxylic acids is 1. The Kier molecular flexibility index (Phi) is 3.06. The molecule has 2 nitrogen and oxygen atoms in total. The maximum Gasteiger partial charge on any atom is 0.130 e. The molecule has 2 heteroatoms. The van der Waals surface area contributed by atoms with Crippen LogP contribution in [0, 0.1) is 5.92 Å². The third-order valence-corrected chi connectivity index (χ3v) is 2.42. The zero-order chi connectivity index (χ0) is 8.27. The maximum absolute atomic E-state index is 10.7. The van der Waals surface area contributed by atoms with Gasteiger partial charge in [-0.25, -0.2) is 0 Å². The summed E-state index contributed by atoms with van der Waals surface area (Å²) in [5, 5.41) is 9.47. The summed E-state index contributed by atoms with van der Waals surface area (Å²) in [5.41, 5.74) is 0. The van der Waals surface area contributed by atoms with Gasteiger partial charge in [-0.3, -0.25) is 0 Å². The molecule has 64 valence electrons.